The Morgan fingerprint density at radius 1 is 0.600 bits per heavy atom. The molecule has 4 aliphatic rings. The number of fused-ring (bicyclic) bond motifs is 10. The molecule has 0 radical (unpaired) electrons. The van der Waals surface area contributed by atoms with Gasteiger partial charge in [0.25, 0.3) is 0 Å². The smallest absolute Gasteiger partial charge is 0.0697 e. The minimum atomic E-state index is 0.0350. The highest BCUT2D eigenvalue weighted by molar-refractivity contribution is 5.70. The quantitative estimate of drug-likeness (QED) is 0.286. The molecule has 4 aromatic rings. The molecule has 0 amide bonds. The van der Waals surface area contributed by atoms with Crippen molar-refractivity contribution in [2.45, 2.75) is 56.0 Å². The number of para-hydroxylation sites is 2. The Bertz CT molecular complexity index is 1410. The van der Waals surface area contributed by atoms with Crippen molar-refractivity contribution >= 4 is 11.4 Å². The van der Waals surface area contributed by atoms with E-state index in [4.69, 9.17) is 0 Å². The van der Waals surface area contributed by atoms with Crippen LogP contribution in [0.2, 0.25) is 0 Å². The molecular formula is C33H32N2. The third-order valence-electron chi connectivity index (χ3n) is 9.51. The molecule has 0 bridgehead atoms. The molecule has 2 heteroatoms. The summed E-state index contributed by atoms with van der Waals surface area (Å²) in [7, 11) is 0. The molecule has 2 N–H and O–H groups in total. The van der Waals surface area contributed by atoms with E-state index in [1.807, 2.05) is 0 Å². The summed E-state index contributed by atoms with van der Waals surface area (Å²) >= 11 is 0. The van der Waals surface area contributed by atoms with E-state index in [-0.39, 0.29) is 16.4 Å². The van der Waals surface area contributed by atoms with Gasteiger partial charge in [-0.05, 0) is 65.3 Å². The van der Waals surface area contributed by atoms with Crippen molar-refractivity contribution in [2.24, 2.45) is 0 Å². The molecule has 174 valence electrons. The molecule has 4 aromatic carbocycles. The van der Waals surface area contributed by atoms with Gasteiger partial charge in [-0.15, -0.1) is 0 Å². The lowest BCUT2D eigenvalue weighted by atomic mass is 9.71. The number of hydrogen-bond donors (Lipinski definition) is 2. The highest BCUT2D eigenvalue weighted by Gasteiger charge is 2.57. The summed E-state index contributed by atoms with van der Waals surface area (Å²) in [6.07, 6.45) is 2.28. The van der Waals surface area contributed by atoms with E-state index in [1.54, 1.807) is 0 Å². The predicted molar refractivity (Wildman–Crippen MR) is 145 cm³/mol. The summed E-state index contributed by atoms with van der Waals surface area (Å²) in [6.45, 7) is 7.13. The zero-order valence-electron chi connectivity index (χ0n) is 20.7. The fourth-order valence-electron chi connectivity index (χ4n) is 7.50. The molecule has 2 heterocycles. The molecule has 8 rings (SSSR count). The summed E-state index contributed by atoms with van der Waals surface area (Å²) in [4.78, 5) is 0. The van der Waals surface area contributed by atoms with E-state index >= 15 is 0 Å². The molecule has 2 nitrogen and oxygen atoms in total. The summed E-state index contributed by atoms with van der Waals surface area (Å²) in [6, 6.07) is 35.6. The summed E-state index contributed by atoms with van der Waals surface area (Å²) in [5.41, 5.74) is 11.9. The van der Waals surface area contributed by atoms with Gasteiger partial charge in [-0.25, -0.2) is 0 Å². The van der Waals surface area contributed by atoms with Gasteiger partial charge in [0.1, 0.15) is 0 Å². The predicted octanol–water partition coefficient (Wildman–Crippen LogP) is 7.51. The van der Waals surface area contributed by atoms with Gasteiger partial charge in [0, 0.05) is 22.2 Å². The van der Waals surface area contributed by atoms with Crippen LogP contribution >= 0.6 is 0 Å². The highest BCUT2D eigenvalue weighted by Crippen LogP contribution is 2.59. The lowest BCUT2D eigenvalue weighted by Crippen LogP contribution is -2.42. The first-order valence-corrected chi connectivity index (χ1v) is 12.8. The molecule has 0 saturated carbocycles. The molecule has 0 saturated heterocycles. The first-order valence-electron chi connectivity index (χ1n) is 12.8. The highest BCUT2D eigenvalue weighted by atomic mass is 15.1. The van der Waals surface area contributed by atoms with Gasteiger partial charge in [0.15, 0.2) is 0 Å². The largest absolute Gasteiger partial charge is 0.377 e. The van der Waals surface area contributed by atoms with Crippen LogP contribution in [0.3, 0.4) is 0 Å². The lowest BCUT2D eigenvalue weighted by Gasteiger charge is -2.35. The molecule has 2 aliphatic carbocycles. The molecule has 0 aromatic heterocycles. The Morgan fingerprint density at radius 2 is 1.20 bits per heavy atom. The van der Waals surface area contributed by atoms with Gasteiger partial charge in [-0.2, -0.15) is 0 Å². The van der Waals surface area contributed by atoms with Crippen molar-refractivity contribution in [3.8, 4) is 0 Å². The van der Waals surface area contributed by atoms with Crippen LogP contribution in [0.15, 0.2) is 97.1 Å². The van der Waals surface area contributed by atoms with Crippen molar-refractivity contribution in [3.05, 3.63) is 130 Å². The number of rotatable bonds is 0. The maximum absolute atomic E-state index is 3.77. The van der Waals surface area contributed by atoms with E-state index in [0.717, 1.165) is 12.8 Å². The zero-order valence-corrected chi connectivity index (χ0v) is 20.7. The maximum Gasteiger partial charge on any atom is 0.0697 e. The van der Waals surface area contributed by atoms with Gasteiger partial charge in [0.05, 0.1) is 11.6 Å². The van der Waals surface area contributed by atoms with E-state index in [0.29, 0.717) is 6.04 Å². The van der Waals surface area contributed by atoms with Crippen molar-refractivity contribution in [1.82, 2.24) is 0 Å². The zero-order chi connectivity index (χ0) is 23.8. The standard InChI is InChI=1S/C17H17N.C16H15N/c1-16-11-12-7-3-4-8-13(12)17(16,2)18-15-10-6-5-9-14(15)16;1-16-10-11-6-2-3-7-12(11)15(16)17-14-9-5-4-8-13(14)16/h3-10,18H,11H2,1-2H3;2-9,15,17H,10H2,1H3/t16-,17-;15-,16-/m00/s1. The van der Waals surface area contributed by atoms with Gasteiger partial charge in [-0.1, -0.05) is 98.8 Å². The van der Waals surface area contributed by atoms with Gasteiger partial charge >= 0.3 is 0 Å². The fourth-order valence-corrected chi connectivity index (χ4v) is 7.50. The number of anilines is 2. The van der Waals surface area contributed by atoms with Gasteiger partial charge in [-0.3, -0.25) is 0 Å². The molecule has 2 aliphatic heterocycles. The van der Waals surface area contributed by atoms with Crippen LogP contribution in [0.25, 0.3) is 0 Å². The van der Waals surface area contributed by atoms with Gasteiger partial charge < -0.3 is 10.6 Å². The average molecular weight is 457 g/mol. The van der Waals surface area contributed by atoms with Gasteiger partial charge in [0.2, 0.25) is 0 Å². The van der Waals surface area contributed by atoms with E-state index in [2.05, 4.69) is 128 Å². The molecule has 4 atom stereocenters. The second kappa shape index (κ2) is 7.01. The number of benzene rings is 4. The number of hydrogen-bond acceptors (Lipinski definition) is 2. The first-order chi connectivity index (χ1) is 16.9. The lowest BCUT2D eigenvalue weighted by molar-refractivity contribution is 0.341. The normalized spacial score (nSPS) is 29.9. The Morgan fingerprint density at radius 3 is 2.00 bits per heavy atom. The van der Waals surface area contributed by atoms with Crippen LogP contribution in [0.5, 0.6) is 0 Å². The fraction of sp³-hybridized carbons (Fsp3) is 0.273. The Labute approximate surface area is 208 Å². The topological polar surface area (TPSA) is 24.1 Å². The van der Waals surface area contributed by atoms with Crippen molar-refractivity contribution in [1.29, 1.82) is 0 Å². The molecule has 0 unspecified atom stereocenters. The Kier molecular flexibility index (Phi) is 4.17. The summed E-state index contributed by atoms with van der Waals surface area (Å²) in [5, 5.41) is 7.46. The third kappa shape index (κ3) is 2.66. The van der Waals surface area contributed by atoms with Crippen LogP contribution in [0, 0.1) is 0 Å². The molecular weight excluding hydrogens is 424 g/mol. The average Bonchev–Trinajstić information content (AvgIpc) is 3.48. The third-order valence-corrected chi connectivity index (χ3v) is 9.51. The van der Waals surface area contributed by atoms with Crippen molar-refractivity contribution < 1.29 is 0 Å². The van der Waals surface area contributed by atoms with Crippen molar-refractivity contribution in [2.75, 3.05) is 10.6 Å². The second-order valence-corrected chi connectivity index (χ2v) is 11.4. The van der Waals surface area contributed by atoms with Crippen LogP contribution in [-0.2, 0) is 29.2 Å². The Hall–Kier alpha value is -3.52. The van der Waals surface area contributed by atoms with Crippen LogP contribution < -0.4 is 10.6 Å². The number of nitrogens with one attached hydrogen (secondary N) is 2. The summed E-state index contributed by atoms with van der Waals surface area (Å²) in [5.74, 6) is 0. The SMILES string of the molecule is C[C@@]12Cc3ccccc3[C@@H]1Nc1ccccc12.C[C@@]12Cc3ccccc3[C@]1(C)Nc1ccccc12. The Balaban J connectivity index is 0.000000120. The van der Waals surface area contributed by atoms with E-state index in [1.165, 1.54) is 44.8 Å². The van der Waals surface area contributed by atoms with Crippen LogP contribution in [-0.4, -0.2) is 0 Å². The minimum absolute atomic E-state index is 0.0350. The maximum atomic E-state index is 3.77. The minimum Gasteiger partial charge on any atom is -0.377 e. The van der Waals surface area contributed by atoms with Crippen molar-refractivity contribution in [3.63, 3.8) is 0 Å². The summed E-state index contributed by atoms with van der Waals surface area (Å²) < 4.78 is 0. The van der Waals surface area contributed by atoms with Crippen LogP contribution in [0.1, 0.15) is 60.2 Å². The first kappa shape index (κ1) is 20.8. The monoisotopic (exact) mass is 456 g/mol. The molecule has 35 heavy (non-hydrogen) atoms. The van der Waals surface area contributed by atoms with E-state index < -0.39 is 0 Å². The van der Waals surface area contributed by atoms with Crippen LogP contribution in [0.4, 0.5) is 11.4 Å². The molecule has 0 spiro atoms. The second-order valence-electron chi connectivity index (χ2n) is 11.4. The van der Waals surface area contributed by atoms with E-state index in [9.17, 15) is 0 Å². The molecule has 0 fully saturated rings.